The highest BCUT2D eigenvalue weighted by atomic mass is 35.5. The average Bonchev–Trinajstić information content (AvgIpc) is 2.82. The van der Waals surface area contributed by atoms with Gasteiger partial charge in [0.05, 0.1) is 17.8 Å². The van der Waals surface area contributed by atoms with Gasteiger partial charge in [0, 0.05) is 62.7 Å². The molecular weight excluding hydrogens is 460 g/mol. The van der Waals surface area contributed by atoms with Crippen LogP contribution in [-0.2, 0) is 9.53 Å². The van der Waals surface area contributed by atoms with Crippen molar-refractivity contribution in [2.24, 2.45) is 0 Å². The SMILES string of the molecule is COCCCNC(=O)CN1CCN(c2ccc(NC(=O)c3cccc(Cl)c3)c(C(=O)O)c2)CC1. The first-order chi connectivity index (χ1) is 16.4. The standard InChI is InChI=1S/C24H29ClN4O5/c1-34-13-3-8-26-22(30)16-28-9-11-29(12-10-28)19-6-7-21(20(15-19)24(32)33)27-23(31)17-4-2-5-18(25)14-17/h2,4-7,14-15H,3,8-13,16H2,1H3,(H,26,30)(H,27,31)(H,32,33). The third-order valence-corrected chi connectivity index (χ3v) is 5.76. The summed E-state index contributed by atoms with van der Waals surface area (Å²) in [5, 5.41) is 15.7. The Bertz CT molecular complexity index is 1020. The Kier molecular flexibility index (Phi) is 9.26. The van der Waals surface area contributed by atoms with E-state index in [0.717, 1.165) is 12.1 Å². The van der Waals surface area contributed by atoms with Gasteiger partial charge < -0.3 is 25.4 Å². The van der Waals surface area contributed by atoms with Crippen molar-refractivity contribution in [3.8, 4) is 0 Å². The van der Waals surface area contributed by atoms with Gasteiger partial charge in [-0.2, -0.15) is 0 Å². The maximum atomic E-state index is 12.5. The number of piperazine rings is 1. The van der Waals surface area contributed by atoms with Gasteiger partial charge in [-0.05, 0) is 42.8 Å². The van der Waals surface area contributed by atoms with E-state index >= 15 is 0 Å². The Morgan fingerprint density at radius 2 is 1.85 bits per heavy atom. The third kappa shape index (κ3) is 7.18. The molecule has 2 amide bonds. The Morgan fingerprint density at radius 3 is 2.53 bits per heavy atom. The van der Waals surface area contributed by atoms with Gasteiger partial charge in [-0.3, -0.25) is 14.5 Å². The topological polar surface area (TPSA) is 111 Å². The lowest BCUT2D eigenvalue weighted by Crippen LogP contribution is -2.49. The first-order valence-corrected chi connectivity index (χ1v) is 11.4. The first-order valence-electron chi connectivity index (χ1n) is 11.0. The van der Waals surface area contributed by atoms with Crippen LogP contribution in [0.25, 0.3) is 0 Å². The number of amides is 2. The van der Waals surface area contributed by atoms with E-state index in [2.05, 4.69) is 20.4 Å². The van der Waals surface area contributed by atoms with Crippen LogP contribution in [0.4, 0.5) is 11.4 Å². The zero-order chi connectivity index (χ0) is 24.5. The van der Waals surface area contributed by atoms with Gasteiger partial charge in [-0.1, -0.05) is 17.7 Å². The molecule has 0 radical (unpaired) electrons. The number of carboxylic acid groups (broad SMARTS) is 1. The monoisotopic (exact) mass is 488 g/mol. The maximum Gasteiger partial charge on any atom is 0.337 e. The zero-order valence-corrected chi connectivity index (χ0v) is 19.8. The molecule has 0 bridgehead atoms. The van der Waals surface area contributed by atoms with Gasteiger partial charge in [0.25, 0.3) is 5.91 Å². The van der Waals surface area contributed by atoms with Crippen LogP contribution < -0.4 is 15.5 Å². The normalized spacial score (nSPS) is 14.0. The van der Waals surface area contributed by atoms with Gasteiger partial charge in [0.1, 0.15) is 0 Å². The average molecular weight is 489 g/mol. The van der Waals surface area contributed by atoms with Crippen molar-refractivity contribution < 1.29 is 24.2 Å². The molecule has 0 spiro atoms. The minimum absolute atomic E-state index is 0.00532. The highest BCUT2D eigenvalue weighted by molar-refractivity contribution is 6.31. The Morgan fingerprint density at radius 1 is 1.09 bits per heavy atom. The molecule has 3 N–H and O–H groups in total. The number of nitrogens with one attached hydrogen (secondary N) is 2. The predicted molar refractivity (Wildman–Crippen MR) is 131 cm³/mol. The summed E-state index contributed by atoms with van der Waals surface area (Å²) >= 11 is 5.94. The summed E-state index contributed by atoms with van der Waals surface area (Å²) < 4.78 is 4.97. The summed E-state index contributed by atoms with van der Waals surface area (Å²) in [7, 11) is 1.63. The number of carboxylic acids is 1. The number of hydrogen-bond donors (Lipinski definition) is 3. The van der Waals surface area contributed by atoms with E-state index < -0.39 is 11.9 Å². The number of ether oxygens (including phenoxy) is 1. The van der Waals surface area contributed by atoms with E-state index in [1.165, 1.54) is 6.07 Å². The lowest BCUT2D eigenvalue weighted by molar-refractivity contribution is -0.122. The molecule has 0 saturated carbocycles. The van der Waals surface area contributed by atoms with Crippen molar-refractivity contribution in [2.45, 2.75) is 6.42 Å². The van der Waals surface area contributed by atoms with Gasteiger partial charge >= 0.3 is 5.97 Å². The molecule has 9 nitrogen and oxygen atoms in total. The summed E-state index contributed by atoms with van der Waals surface area (Å²) in [5.74, 6) is -1.59. The molecule has 1 saturated heterocycles. The fourth-order valence-corrected chi connectivity index (χ4v) is 3.90. The summed E-state index contributed by atoms with van der Waals surface area (Å²) in [4.78, 5) is 40.6. The van der Waals surface area contributed by atoms with Crippen molar-refractivity contribution >= 4 is 40.8 Å². The van der Waals surface area contributed by atoms with Crippen LogP contribution in [0.2, 0.25) is 5.02 Å². The largest absolute Gasteiger partial charge is 0.478 e. The number of methoxy groups -OCH3 is 1. The van der Waals surface area contributed by atoms with Crippen molar-refractivity contribution in [1.29, 1.82) is 0 Å². The summed E-state index contributed by atoms with van der Waals surface area (Å²) in [6.45, 7) is 4.21. The molecular formula is C24H29ClN4O5. The number of halogens is 1. The van der Waals surface area contributed by atoms with Gasteiger partial charge in [-0.15, -0.1) is 0 Å². The fourth-order valence-electron chi connectivity index (χ4n) is 3.71. The maximum absolute atomic E-state index is 12.5. The minimum Gasteiger partial charge on any atom is -0.478 e. The lowest BCUT2D eigenvalue weighted by atomic mass is 10.1. The summed E-state index contributed by atoms with van der Waals surface area (Å²) in [6.07, 6.45) is 0.775. The van der Waals surface area contributed by atoms with Crippen LogP contribution in [0.15, 0.2) is 42.5 Å². The summed E-state index contributed by atoms with van der Waals surface area (Å²) in [6, 6.07) is 11.4. The molecule has 3 rings (SSSR count). The number of benzene rings is 2. The molecule has 2 aromatic carbocycles. The van der Waals surface area contributed by atoms with E-state index in [0.29, 0.717) is 56.5 Å². The molecule has 34 heavy (non-hydrogen) atoms. The molecule has 0 atom stereocenters. The first kappa shape index (κ1) is 25.5. The van der Waals surface area contributed by atoms with E-state index in [9.17, 15) is 19.5 Å². The van der Waals surface area contributed by atoms with Crippen molar-refractivity contribution in [2.75, 3.05) is 63.2 Å². The molecule has 1 aliphatic rings. The zero-order valence-electron chi connectivity index (χ0n) is 19.1. The highest BCUT2D eigenvalue weighted by Gasteiger charge is 2.21. The number of anilines is 2. The molecule has 1 aliphatic heterocycles. The number of hydrogen-bond acceptors (Lipinski definition) is 6. The van der Waals surface area contributed by atoms with Crippen molar-refractivity contribution in [1.82, 2.24) is 10.2 Å². The molecule has 10 heteroatoms. The number of carbonyl (C=O) groups excluding carboxylic acids is 2. The van der Waals surface area contributed by atoms with Crippen LogP contribution in [0.1, 0.15) is 27.1 Å². The van der Waals surface area contributed by atoms with Crippen LogP contribution >= 0.6 is 11.6 Å². The van der Waals surface area contributed by atoms with E-state index in [1.54, 1.807) is 43.5 Å². The number of aromatic carboxylic acids is 1. The van der Waals surface area contributed by atoms with Crippen molar-refractivity contribution in [3.63, 3.8) is 0 Å². The third-order valence-electron chi connectivity index (χ3n) is 5.52. The Hall–Kier alpha value is -3.14. The highest BCUT2D eigenvalue weighted by Crippen LogP contribution is 2.25. The second-order valence-corrected chi connectivity index (χ2v) is 8.40. The quantitative estimate of drug-likeness (QED) is 0.441. The van der Waals surface area contributed by atoms with Gasteiger partial charge in [0.2, 0.25) is 5.91 Å². The van der Waals surface area contributed by atoms with Crippen LogP contribution in [0.3, 0.4) is 0 Å². The smallest absolute Gasteiger partial charge is 0.337 e. The Balaban J connectivity index is 1.58. The molecule has 1 fully saturated rings. The van der Waals surface area contributed by atoms with Crippen LogP contribution in [0, 0.1) is 0 Å². The van der Waals surface area contributed by atoms with Gasteiger partial charge in [-0.25, -0.2) is 4.79 Å². The molecule has 2 aromatic rings. The molecule has 0 unspecified atom stereocenters. The summed E-state index contributed by atoms with van der Waals surface area (Å²) in [5.41, 5.74) is 1.31. The molecule has 182 valence electrons. The van der Waals surface area contributed by atoms with E-state index in [4.69, 9.17) is 16.3 Å². The molecule has 0 aliphatic carbocycles. The van der Waals surface area contributed by atoms with Gasteiger partial charge in [0.15, 0.2) is 0 Å². The predicted octanol–water partition coefficient (Wildman–Crippen LogP) is 2.57. The Labute approximate surface area is 203 Å². The van der Waals surface area contributed by atoms with Crippen LogP contribution in [0.5, 0.6) is 0 Å². The van der Waals surface area contributed by atoms with E-state index in [-0.39, 0.29) is 17.2 Å². The molecule has 0 aromatic heterocycles. The minimum atomic E-state index is -1.13. The second-order valence-electron chi connectivity index (χ2n) is 7.96. The van der Waals surface area contributed by atoms with Crippen LogP contribution in [-0.4, -0.2) is 80.8 Å². The second kappa shape index (κ2) is 12.4. The fraction of sp³-hybridized carbons (Fsp3) is 0.375. The number of rotatable bonds is 10. The number of carbonyl (C=O) groups is 3. The lowest BCUT2D eigenvalue weighted by Gasteiger charge is -2.36. The number of nitrogens with zero attached hydrogens (tertiary/aromatic N) is 2. The molecule has 1 heterocycles. The van der Waals surface area contributed by atoms with Crippen molar-refractivity contribution in [3.05, 3.63) is 58.6 Å². The van der Waals surface area contributed by atoms with E-state index in [1.807, 2.05) is 0 Å².